The van der Waals surface area contributed by atoms with Gasteiger partial charge < -0.3 is 9.30 Å². The third-order valence-electron chi connectivity index (χ3n) is 6.17. The molecule has 2 aliphatic rings. The Bertz CT molecular complexity index is 1110. The molecule has 1 aromatic carbocycles. The van der Waals surface area contributed by atoms with E-state index in [1.165, 1.54) is 4.90 Å². The highest BCUT2D eigenvalue weighted by molar-refractivity contribution is 7.80. The van der Waals surface area contributed by atoms with Crippen molar-refractivity contribution >= 4 is 40.9 Å². The third kappa shape index (κ3) is 4.07. The van der Waals surface area contributed by atoms with Crippen molar-refractivity contribution in [2.24, 2.45) is 0 Å². The number of thiocarbonyl (C=S) groups is 1. The van der Waals surface area contributed by atoms with E-state index in [1.54, 1.807) is 6.08 Å². The van der Waals surface area contributed by atoms with Gasteiger partial charge in [0.15, 0.2) is 5.11 Å². The van der Waals surface area contributed by atoms with Gasteiger partial charge in [0.1, 0.15) is 5.57 Å². The van der Waals surface area contributed by atoms with Gasteiger partial charge >= 0.3 is 0 Å². The van der Waals surface area contributed by atoms with Crippen LogP contribution < -0.4 is 10.2 Å². The first kappa shape index (κ1) is 21.5. The van der Waals surface area contributed by atoms with Gasteiger partial charge in [-0.25, -0.2) is 0 Å². The van der Waals surface area contributed by atoms with Crippen molar-refractivity contribution in [2.45, 2.75) is 53.2 Å². The number of aryl methyl sites for hydroxylation is 3. The summed E-state index contributed by atoms with van der Waals surface area (Å²) in [5.74, 6) is -0.889. The van der Waals surface area contributed by atoms with Crippen LogP contribution >= 0.6 is 12.2 Å². The van der Waals surface area contributed by atoms with E-state index >= 15 is 0 Å². The minimum atomic E-state index is -0.473. The Morgan fingerprint density at radius 1 is 1.16 bits per heavy atom. The molecule has 2 saturated heterocycles. The maximum atomic E-state index is 13.3. The summed E-state index contributed by atoms with van der Waals surface area (Å²) < 4.78 is 7.97. The lowest BCUT2D eigenvalue weighted by Gasteiger charge is -2.29. The summed E-state index contributed by atoms with van der Waals surface area (Å²) in [4.78, 5) is 27.4. The second kappa shape index (κ2) is 8.40. The second-order valence-electron chi connectivity index (χ2n) is 8.30. The first-order valence-corrected chi connectivity index (χ1v) is 10.9. The molecule has 31 heavy (non-hydrogen) atoms. The van der Waals surface area contributed by atoms with Crippen molar-refractivity contribution in [1.82, 2.24) is 9.88 Å². The van der Waals surface area contributed by atoms with Gasteiger partial charge in [-0.2, -0.15) is 0 Å². The fourth-order valence-electron chi connectivity index (χ4n) is 4.16. The van der Waals surface area contributed by atoms with Crippen LogP contribution in [-0.2, 0) is 20.9 Å². The Labute approximate surface area is 187 Å². The standard InChI is InChI=1S/C24H27N3O3S/c1-14-7-8-19(10-15(14)2)27-23(29)21(22(28)25-24(27)31)12-18-11-16(3)26(17(18)4)13-20-6-5-9-30-20/h7-8,10-12,20H,5-6,9,13H2,1-4H3,(H,25,28,31)/b21-12+/t20-/m0/s1. The van der Waals surface area contributed by atoms with E-state index in [1.807, 2.05) is 52.0 Å². The van der Waals surface area contributed by atoms with Crippen LogP contribution in [0.3, 0.4) is 0 Å². The van der Waals surface area contributed by atoms with E-state index in [0.717, 1.165) is 54.1 Å². The zero-order chi connectivity index (χ0) is 22.3. The number of carbonyl (C=O) groups excluding carboxylic acids is 2. The Balaban J connectivity index is 1.68. The fraction of sp³-hybridized carbons (Fsp3) is 0.375. The number of rotatable bonds is 4. The van der Waals surface area contributed by atoms with Crippen LogP contribution in [0.15, 0.2) is 29.8 Å². The average Bonchev–Trinajstić information content (AvgIpc) is 3.32. The van der Waals surface area contributed by atoms with Gasteiger partial charge in [-0.05, 0) is 93.7 Å². The molecule has 1 aromatic heterocycles. The van der Waals surface area contributed by atoms with Gasteiger partial charge in [0.2, 0.25) is 0 Å². The monoisotopic (exact) mass is 437 g/mol. The lowest BCUT2D eigenvalue weighted by molar-refractivity contribution is -0.122. The summed E-state index contributed by atoms with van der Waals surface area (Å²) in [7, 11) is 0. The highest BCUT2D eigenvalue weighted by atomic mass is 32.1. The summed E-state index contributed by atoms with van der Waals surface area (Å²) in [5, 5.41) is 2.76. The topological polar surface area (TPSA) is 63.6 Å². The van der Waals surface area contributed by atoms with Crippen LogP contribution in [0.1, 0.15) is 40.9 Å². The molecule has 162 valence electrons. The molecule has 1 N–H and O–H groups in total. The molecule has 0 aliphatic carbocycles. The fourth-order valence-corrected chi connectivity index (χ4v) is 4.44. The lowest BCUT2D eigenvalue weighted by atomic mass is 10.1. The molecule has 4 rings (SSSR count). The molecule has 3 heterocycles. The van der Waals surface area contributed by atoms with Gasteiger partial charge in [0.05, 0.1) is 11.8 Å². The van der Waals surface area contributed by atoms with Crippen LogP contribution in [0.2, 0.25) is 0 Å². The predicted molar refractivity (Wildman–Crippen MR) is 125 cm³/mol. The van der Waals surface area contributed by atoms with Crippen molar-refractivity contribution in [1.29, 1.82) is 0 Å². The van der Waals surface area contributed by atoms with E-state index in [2.05, 4.69) is 9.88 Å². The van der Waals surface area contributed by atoms with Gasteiger partial charge in [0, 0.05) is 24.5 Å². The number of carbonyl (C=O) groups is 2. The molecular formula is C24H27N3O3S. The number of amides is 2. The first-order chi connectivity index (χ1) is 14.8. The maximum Gasteiger partial charge on any atom is 0.270 e. The number of aromatic nitrogens is 1. The molecule has 2 aromatic rings. The first-order valence-electron chi connectivity index (χ1n) is 10.5. The van der Waals surface area contributed by atoms with Crippen LogP contribution in [-0.4, -0.2) is 34.2 Å². The number of benzene rings is 1. The smallest absolute Gasteiger partial charge is 0.270 e. The number of hydrogen-bond donors (Lipinski definition) is 1. The summed E-state index contributed by atoms with van der Waals surface area (Å²) in [5.41, 5.74) is 5.82. The van der Waals surface area contributed by atoms with Crippen molar-refractivity contribution in [3.05, 3.63) is 57.9 Å². The summed E-state index contributed by atoms with van der Waals surface area (Å²) >= 11 is 5.32. The van der Waals surface area contributed by atoms with Crippen LogP contribution in [0.5, 0.6) is 0 Å². The molecule has 2 amide bonds. The SMILES string of the molecule is Cc1ccc(N2C(=O)/C(=C/c3cc(C)n(C[C@@H]4CCCO4)c3C)C(=O)NC2=S)cc1C. The number of hydrogen-bond acceptors (Lipinski definition) is 4. The van der Waals surface area contributed by atoms with Crippen molar-refractivity contribution < 1.29 is 14.3 Å². The molecule has 0 radical (unpaired) electrons. The molecule has 0 unspecified atom stereocenters. The van der Waals surface area contributed by atoms with Gasteiger partial charge in [-0.15, -0.1) is 0 Å². The quantitative estimate of drug-likeness (QED) is 0.450. The van der Waals surface area contributed by atoms with Gasteiger partial charge in [0.25, 0.3) is 11.8 Å². The normalized spacial score (nSPS) is 20.6. The third-order valence-corrected chi connectivity index (χ3v) is 6.46. The highest BCUT2D eigenvalue weighted by Gasteiger charge is 2.35. The van der Waals surface area contributed by atoms with Crippen LogP contribution in [0.4, 0.5) is 5.69 Å². The predicted octanol–water partition coefficient (Wildman–Crippen LogP) is 3.73. The number of ether oxygens (including phenoxy) is 1. The van der Waals surface area contributed by atoms with Crippen molar-refractivity contribution in [3.8, 4) is 0 Å². The van der Waals surface area contributed by atoms with Crippen LogP contribution in [0.25, 0.3) is 6.08 Å². The minimum Gasteiger partial charge on any atom is -0.376 e. The Kier molecular flexibility index (Phi) is 5.81. The zero-order valence-electron chi connectivity index (χ0n) is 18.3. The van der Waals surface area contributed by atoms with Crippen molar-refractivity contribution in [3.63, 3.8) is 0 Å². The van der Waals surface area contributed by atoms with E-state index in [9.17, 15) is 9.59 Å². The summed E-state index contributed by atoms with van der Waals surface area (Å²) in [6.07, 6.45) is 4.02. The minimum absolute atomic E-state index is 0.0733. The highest BCUT2D eigenvalue weighted by Crippen LogP contribution is 2.26. The summed E-state index contributed by atoms with van der Waals surface area (Å²) in [6.45, 7) is 9.61. The van der Waals surface area contributed by atoms with E-state index in [0.29, 0.717) is 5.69 Å². The van der Waals surface area contributed by atoms with Gasteiger partial charge in [-0.1, -0.05) is 6.07 Å². The van der Waals surface area contributed by atoms with Crippen LogP contribution in [0, 0.1) is 27.7 Å². The average molecular weight is 438 g/mol. The number of nitrogens with one attached hydrogen (secondary N) is 1. The Hall–Kier alpha value is -2.77. The molecule has 1 atom stereocenters. The second-order valence-corrected chi connectivity index (χ2v) is 8.69. The van der Waals surface area contributed by atoms with E-state index in [4.69, 9.17) is 17.0 Å². The molecule has 0 bridgehead atoms. The molecule has 7 heteroatoms. The molecule has 2 fully saturated rings. The molecule has 0 spiro atoms. The number of nitrogens with zero attached hydrogens (tertiary/aromatic N) is 2. The maximum absolute atomic E-state index is 13.3. The largest absolute Gasteiger partial charge is 0.376 e. The van der Waals surface area contributed by atoms with E-state index < -0.39 is 11.8 Å². The number of anilines is 1. The lowest BCUT2D eigenvalue weighted by Crippen LogP contribution is -2.54. The molecular weight excluding hydrogens is 410 g/mol. The Morgan fingerprint density at radius 2 is 1.94 bits per heavy atom. The molecule has 6 nitrogen and oxygen atoms in total. The Morgan fingerprint density at radius 3 is 2.61 bits per heavy atom. The van der Waals surface area contributed by atoms with Crippen molar-refractivity contribution in [2.75, 3.05) is 11.5 Å². The van der Waals surface area contributed by atoms with Gasteiger partial charge in [-0.3, -0.25) is 19.8 Å². The molecule has 0 saturated carbocycles. The zero-order valence-corrected chi connectivity index (χ0v) is 19.1. The molecule has 2 aliphatic heterocycles. The van der Waals surface area contributed by atoms with E-state index in [-0.39, 0.29) is 16.8 Å². The summed E-state index contributed by atoms with van der Waals surface area (Å²) in [6, 6.07) is 7.70.